The first-order chi connectivity index (χ1) is 11.9. The lowest BCUT2D eigenvalue weighted by atomic mass is 10.2. The average molecular weight is 357 g/mol. The molecule has 3 rings (SSSR count). The second-order valence-corrected chi connectivity index (χ2v) is 7.62. The van der Waals surface area contributed by atoms with E-state index in [1.54, 1.807) is 18.2 Å². The van der Waals surface area contributed by atoms with Gasteiger partial charge in [0.1, 0.15) is 10.6 Å². The summed E-state index contributed by atoms with van der Waals surface area (Å²) in [6, 6.07) is 12.2. The third-order valence-electron chi connectivity index (χ3n) is 4.16. The molecule has 0 unspecified atom stereocenters. The first-order valence-electron chi connectivity index (χ1n) is 7.99. The van der Waals surface area contributed by atoms with Gasteiger partial charge in [0.15, 0.2) is 5.75 Å². The molecule has 6 nitrogen and oxygen atoms in total. The summed E-state index contributed by atoms with van der Waals surface area (Å²) in [6.45, 7) is 3.52. The monoisotopic (exact) mass is 357 g/mol. The Labute approximate surface area is 147 Å². The number of rotatable bonds is 4. The molecule has 0 aliphatic carbocycles. The molecule has 0 saturated carbocycles. The van der Waals surface area contributed by atoms with E-state index < -0.39 is 10.0 Å². The minimum Gasteiger partial charge on any atom is -0.454 e. The van der Waals surface area contributed by atoms with E-state index in [1.807, 2.05) is 30.0 Å². The summed E-state index contributed by atoms with van der Waals surface area (Å²) in [5.41, 5.74) is 1.89. The number of nitriles is 1. The Balaban J connectivity index is 2.18. The fraction of sp³-hybridized carbons (Fsp3) is 0.278. The molecule has 0 atom stereocenters. The summed E-state index contributed by atoms with van der Waals surface area (Å²) >= 11 is 0. The Morgan fingerprint density at radius 3 is 2.36 bits per heavy atom. The van der Waals surface area contributed by atoms with Gasteiger partial charge in [0.2, 0.25) is 10.0 Å². The molecule has 1 aliphatic rings. The van der Waals surface area contributed by atoms with Crippen molar-refractivity contribution in [1.29, 1.82) is 5.26 Å². The minimum atomic E-state index is -4.05. The second kappa shape index (κ2) is 6.75. The van der Waals surface area contributed by atoms with Crippen LogP contribution in [0.25, 0.3) is 0 Å². The summed E-state index contributed by atoms with van der Waals surface area (Å²) < 4.78 is 30.1. The summed E-state index contributed by atoms with van der Waals surface area (Å²) in [5.74, 6) is 0.688. The number of aryl methyl sites for hydroxylation is 1. The van der Waals surface area contributed by atoms with Crippen LogP contribution < -0.4 is 14.8 Å². The molecule has 0 amide bonds. The van der Waals surface area contributed by atoms with Crippen LogP contribution in [0.4, 0.5) is 5.69 Å². The van der Waals surface area contributed by atoms with Crippen molar-refractivity contribution in [3.63, 3.8) is 0 Å². The van der Waals surface area contributed by atoms with Crippen molar-refractivity contribution in [1.82, 2.24) is 0 Å². The van der Waals surface area contributed by atoms with Crippen LogP contribution >= 0.6 is 0 Å². The molecular formula is C18H19N3O3S. The third-order valence-corrected chi connectivity index (χ3v) is 5.07. The molecule has 0 radical (unpaired) electrons. The lowest BCUT2D eigenvalue weighted by Gasteiger charge is -2.23. The van der Waals surface area contributed by atoms with Gasteiger partial charge in [0, 0.05) is 13.1 Å². The third kappa shape index (κ3) is 3.76. The largest absolute Gasteiger partial charge is 0.454 e. The Kier molecular flexibility index (Phi) is 4.66. The molecule has 1 saturated heterocycles. The number of sulfonamides is 1. The Morgan fingerprint density at radius 1 is 1.16 bits per heavy atom. The lowest BCUT2D eigenvalue weighted by Crippen LogP contribution is -2.21. The van der Waals surface area contributed by atoms with E-state index in [1.165, 1.54) is 6.07 Å². The van der Waals surface area contributed by atoms with Gasteiger partial charge in [-0.1, -0.05) is 17.7 Å². The number of primary sulfonamides is 1. The van der Waals surface area contributed by atoms with E-state index in [4.69, 9.17) is 9.88 Å². The zero-order chi connectivity index (χ0) is 18.0. The quantitative estimate of drug-likeness (QED) is 0.907. The zero-order valence-corrected chi connectivity index (χ0v) is 14.7. The molecule has 7 heteroatoms. The van der Waals surface area contributed by atoms with Crippen molar-refractivity contribution in [3.05, 3.63) is 47.5 Å². The highest BCUT2D eigenvalue weighted by molar-refractivity contribution is 7.89. The Hall–Kier alpha value is -2.56. The molecule has 0 bridgehead atoms. The number of hydrogen-bond donors (Lipinski definition) is 1. The summed E-state index contributed by atoms with van der Waals surface area (Å²) in [7, 11) is -4.05. The number of hydrogen-bond acceptors (Lipinski definition) is 5. The highest BCUT2D eigenvalue weighted by Gasteiger charge is 2.26. The van der Waals surface area contributed by atoms with Crippen LogP contribution in [-0.4, -0.2) is 21.5 Å². The van der Waals surface area contributed by atoms with Crippen LogP contribution in [-0.2, 0) is 10.0 Å². The first kappa shape index (κ1) is 17.3. The smallest absolute Gasteiger partial charge is 0.241 e. The minimum absolute atomic E-state index is 0.172. The molecule has 0 spiro atoms. The maximum absolute atomic E-state index is 12.1. The number of benzene rings is 2. The summed E-state index contributed by atoms with van der Waals surface area (Å²) in [6.07, 6.45) is 2.01. The van der Waals surface area contributed by atoms with Gasteiger partial charge in [-0.2, -0.15) is 5.26 Å². The van der Waals surface area contributed by atoms with Crippen LogP contribution in [0, 0.1) is 18.3 Å². The van der Waals surface area contributed by atoms with E-state index in [9.17, 15) is 13.7 Å². The van der Waals surface area contributed by atoms with Crippen LogP contribution in [0.5, 0.6) is 11.5 Å². The first-order valence-corrected chi connectivity index (χ1v) is 9.53. The van der Waals surface area contributed by atoms with Crippen LogP contribution in [0.1, 0.15) is 24.0 Å². The molecule has 1 aliphatic heterocycles. The highest BCUT2D eigenvalue weighted by atomic mass is 32.2. The Morgan fingerprint density at radius 2 is 1.80 bits per heavy atom. The van der Waals surface area contributed by atoms with Crippen molar-refractivity contribution in [3.8, 4) is 17.6 Å². The summed E-state index contributed by atoms with van der Waals surface area (Å²) in [5, 5.41) is 14.7. The van der Waals surface area contributed by atoms with Crippen LogP contribution in [0.3, 0.4) is 0 Å². The number of anilines is 1. The lowest BCUT2D eigenvalue weighted by molar-refractivity contribution is 0.467. The fourth-order valence-corrected chi connectivity index (χ4v) is 3.58. The van der Waals surface area contributed by atoms with Crippen molar-refractivity contribution in [2.45, 2.75) is 24.7 Å². The van der Waals surface area contributed by atoms with Crippen molar-refractivity contribution in [2.75, 3.05) is 18.0 Å². The molecule has 1 fully saturated rings. The standard InChI is InChI=1S/C18H19N3O3S/c1-13-4-6-15(7-5-13)24-18-16(21-8-2-3-9-21)10-14(12-19)11-17(18)25(20,22)23/h4-7,10-11H,2-3,8-9H2,1H3,(H2,20,22,23). The van der Waals surface area contributed by atoms with E-state index in [-0.39, 0.29) is 16.2 Å². The number of ether oxygens (including phenoxy) is 1. The van der Waals surface area contributed by atoms with Crippen molar-refractivity contribution in [2.24, 2.45) is 5.14 Å². The molecule has 130 valence electrons. The molecule has 2 aromatic rings. The maximum Gasteiger partial charge on any atom is 0.241 e. The maximum atomic E-state index is 12.1. The van der Waals surface area contributed by atoms with Gasteiger partial charge in [-0.05, 0) is 44.0 Å². The van der Waals surface area contributed by atoms with Gasteiger partial charge in [0.25, 0.3) is 0 Å². The number of nitrogens with zero attached hydrogens (tertiary/aromatic N) is 2. The number of nitrogens with two attached hydrogens (primary N) is 1. The predicted octanol–water partition coefficient (Wildman–Crippen LogP) is 2.91. The predicted molar refractivity (Wildman–Crippen MR) is 95.2 cm³/mol. The fourth-order valence-electron chi connectivity index (χ4n) is 2.88. The molecule has 2 aromatic carbocycles. The molecule has 25 heavy (non-hydrogen) atoms. The van der Waals surface area contributed by atoms with E-state index in [0.29, 0.717) is 11.4 Å². The van der Waals surface area contributed by atoms with Gasteiger partial charge in [-0.15, -0.1) is 0 Å². The van der Waals surface area contributed by atoms with E-state index in [0.717, 1.165) is 31.5 Å². The van der Waals surface area contributed by atoms with E-state index >= 15 is 0 Å². The van der Waals surface area contributed by atoms with E-state index in [2.05, 4.69) is 0 Å². The molecular weight excluding hydrogens is 338 g/mol. The molecule has 2 N–H and O–H groups in total. The second-order valence-electron chi connectivity index (χ2n) is 6.09. The van der Waals surface area contributed by atoms with Crippen molar-refractivity contribution >= 4 is 15.7 Å². The summed E-state index contributed by atoms with van der Waals surface area (Å²) in [4.78, 5) is 1.85. The highest BCUT2D eigenvalue weighted by Crippen LogP contribution is 2.40. The van der Waals surface area contributed by atoms with Crippen LogP contribution in [0.15, 0.2) is 41.3 Å². The van der Waals surface area contributed by atoms with Gasteiger partial charge >= 0.3 is 0 Å². The molecule has 0 aromatic heterocycles. The van der Waals surface area contributed by atoms with Gasteiger partial charge in [0.05, 0.1) is 17.3 Å². The zero-order valence-electron chi connectivity index (χ0n) is 13.9. The normalized spacial score (nSPS) is 14.4. The SMILES string of the molecule is Cc1ccc(Oc2c(N3CCCC3)cc(C#N)cc2S(N)(=O)=O)cc1. The molecule has 1 heterocycles. The topological polar surface area (TPSA) is 96.4 Å². The van der Waals surface area contributed by atoms with Crippen molar-refractivity contribution < 1.29 is 13.2 Å². The van der Waals surface area contributed by atoms with Gasteiger partial charge in [-0.25, -0.2) is 13.6 Å². The average Bonchev–Trinajstić information content (AvgIpc) is 3.10. The van der Waals surface area contributed by atoms with Gasteiger partial charge in [-0.3, -0.25) is 0 Å². The van der Waals surface area contributed by atoms with Crippen LogP contribution in [0.2, 0.25) is 0 Å². The van der Waals surface area contributed by atoms with Gasteiger partial charge < -0.3 is 9.64 Å². The Bertz CT molecular complexity index is 925.